The Kier molecular flexibility index (Phi) is 6.60. The number of fused-ring (bicyclic) bond motifs is 1. The van der Waals surface area contributed by atoms with Gasteiger partial charge in [-0.3, -0.25) is 4.79 Å². The Morgan fingerprint density at radius 2 is 1.76 bits per heavy atom. The number of thioether (sulfide) groups is 2. The van der Waals surface area contributed by atoms with E-state index >= 15 is 0 Å². The Morgan fingerprint density at radius 1 is 1.03 bits per heavy atom. The van der Waals surface area contributed by atoms with Gasteiger partial charge < -0.3 is 14.2 Å². The molecule has 2 heterocycles. The van der Waals surface area contributed by atoms with E-state index in [1.165, 1.54) is 11.8 Å². The molecule has 0 saturated carbocycles. The number of methoxy groups -OCH3 is 1. The maximum absolute atomic E-state index is 13.6. The van der Waals surface area contributed by atoms with Crippen LogP contribution in [0.15, 0.2) is 88.9 Å². The molecule has 0 saturated heterocycles. The van der Waals surface area contributed by atoms with E-state index in [4.69, 9.17) is 4.74 Å². The predicted octanol–water partition coefficient (Wildman–Crippen LogP) is 5.46. The minimum Gasteiger partial charge on any atom is -0.496 e. The summed E-state index contributed by atoms with van der Waals surface area (Å²) in [5.74, 6) is 2.57. The van der Waals surface area contributed by atoms with Gasteiger partial charge in [0.15, 0.2) is 11.0 Å². The Hall–Kier alpha value is -3.23. The molecule has 3 aromatic carbocycles. The van der Waals surface area contributed by atoms with Crippen LogP contribution >= 0.6 is 23.5 Å². The van der Waals surface area contributed by atoms with Crippen molar-refractivity contribution in [2.45, 2.75) is 16.1 Å². The van der Waals surface area contributed by atoms with E-state index in [2.05, 4.69) is 28.4 Å². The molecule has 0 fully saturated rings. The lowest BCUT2D eigenvalue weighted by molar-refractivity contribution is -0.116. The first-order chi connectivity index (χ1) is 16.7. The minimum absolute atomic E-state index is 0.0159. The molecule has 5 rings (SSSR count). The lowest BCUT2D eigenvalue weighted by Crippen LogP contribution is -2.39. The first kappa shape index (κ1) is 22.6. The van der Waals surface area contributed by atoms with E-state index in [0.29, 0.717) is 11.0 Å². The Labute approximate surface area is 207 Å². The standard InChI is InChI=1S/C26H24N4O2S2/c1-29-25(19-12-6-8-14-22(19)32-2)27-28-26(29)34-17-24(31)30-20-13-7-9-15-23(20)33-16-21(30)18-10-4-3-5-11-18/h3-15,21H,16-17H2,1-2H3/t21-/m0/s1. The van der Waals surface area contributed by atoms with Crippen LogP contribution in [0.25, 0.3) is 11.4 Å². The molecule has 1 aliphatic heterocycles. The molecule has 0 aliphatic carbocycles. The van der Waals surface area contributed by atoms with Crippen LogP contribution in [0.4, 0.5) is 5.69 Å². The molecule has 1 amide bonds. The summed E-state index contributed by atoms with van der Waals surface area (Å²) >= 11 is 3.20. The zero-order valence-electron chi connectivity index (χ0n) is 18.9. The number of rotatable bonds is 6. The van der Waals surface area contributed by atoms with Gasteiger partial charge in [-0.25, -0.2) is 0 Å². The summed E-state index contributed by atoms with van der Waals surface area (Å²) in [6.07, 6.45) is 0. The number of hydrogen-bond donors (Lipinski definition) is 0. The second-order valence-electron chi connectivity index (χ2n) is 7.82. The second-order valence-corrected chi connectivity index (χ2v) is 9.83. The number of amides is 1. The average molecular weight is 489 g/mol. The van der Waals surface area contributed by atoms with Crippen molar-refractivity contribution < 1.29 is 9.53 Å². The first-order valence-corrected chi connectivity index (χ1v) is 12.9. The monoisotopic (exact) mass is 488 g/mol. The van der Waals surface area contributed by atoms with Crippen LogP contribution in [-0.2, 0) is 11.8 Å². The van der Waals surface area contributed by atoms with Gasteiger partial charge >= 0.3 is 0 Å². The second kappa shape index (κ2) is 9.95. The SMILES string of the molecule is COc1ccccc1-c1nnc(SCC(=O)N2c3ccccc3SC[C@H]2c2ccccc2)n1C. The lowest BCUT2D eigenvalue weighted by atomic mass is 10.1. The smallest absolute Gasteiger partial charge is 0.238 e. The molecule has 1 atom stereocenters. The fourth-order valence-corrected chi connectivity index (χ4v) is 6.06. The summed E-state index contributed by atoms with van der Waals surface area (Å²) < 4.78 is 7.39. The fraction of sp³-hybridized carbons (Fsp3) is 0.192. The number of hydrogen-bond acceptors (Lipinski definition) is 6. The van der Waals surface area contributed by atoms with Gasteiger partial charge in [0.1, 0.15) is 5.75 Å². The van der Waals surface area contributed by atoms with Crippen molar-refractivity contribution in [1.29, 1.82) is 0 Å². The first-order valence-electron chi connectivity index (χ1n) is 10.9. The van der Waals surface area contributed by atoms with Crippen LogP contribution in [0.2, 0.25) is 0 Å². The number of carbonyl (C=O) groups excluding carboxylic acids is 1. The van der Waals surface area contributed by atoms with Crippen molar-refractivity contribution in [2.24, 2.45) is 7.05 Å². The summed E-state index contributed by atoms with van der Waals surface area (Å²) in [7, 11) is 3.55. The van der Waals surface area contributed by atoms with E-state index in [-0.39, 0.29) is 17.7 Å². The van der Waals surface area contributed by atoms with E-state index in [9.17, 15) is 4.79 Å². The number of aromatic nitrogens is 3. The highest BCUT2D eigenvalue weighted by atomic mass is 32.2. The van der Waals surface area contributed by atoms with Crippen LogP contribution in [-0.4, -0.2) is 39.3 Å². The van der Waals surface area contributed by atoms with Crippen molar-refractivity contribution >= 4 is 35.1 Å². The molecule has 0 N–H and O–H groups in total. The number of nitrogens with zero attached hydrogens (tertiary/aromatic N) is 4. The zero-order chi connectivity index (χ0) is 23.5. The van der Waals surface area contributed by atoms with Crippen molar-refractivity contribution in [3.05, 3.63) is 84.4 Å². The van der Waals surface area contributed by atoms with E-state index in [0.717, 1.165) is 33.2 Å². The van der Waals surface area contributed by atoms with Crippen molar-refractivity contribution in [2.75, 3.05) is 23.5 Å². The van der Waals surface area contributed by atoms with Crippen molar-refractivity contribution in [3.63, 3.8) is 0 Å². The van der Waals surface area contributed by atoms with Gasteiger partial charge in [0.25, 0.3) is 0 Å². The highest BCUT2D eigenvalue weighted by Gasteiger charge is 2.32. The molecule has 1 aromatic heterocycles. The van der Waals surface area contributed by atoms with E-state index in [1.807, 2.05) is 77.2 Å². The van der Waals surface area contributed by atoms with Crippen LogP contribution in [0.3, 0.4) is 0 Å². The molecule has 1 aliphatic rings. The fourth-order valence-electron chi connectivity index (χ4n) is 4.12. The number of benzene rings is 3. The van der Waals surface area contributed by atoms with Crippen molar-refractivity contribution in [3.8, 4) is 17.1 Å². The normalized spacial score (nSPS) is 15.1. The number of carbonyl (C=O) groups is 1. The highest BCUT2D eigenvalue weighted by Crippen LogP contribution is 2.43. The maximum Gasteiger partial charge on any atom is 0.238 e. The maximum atomic E-state index is 13.6. The summed E-state index contributed by atoms with van der Waals surface area (Å²) in [5, 5.41) is 9.40. The minimum atomic E-state index is -0.0159. The summed E-state index contributed by atoms with van der Waals surface area (Å²) in [6, 6.07) is 26.1. The number of ether oxygens (including phenoxy) is 1. The molecule has 6 nitrogen and oxygen atoms in total. The van der Waals surface area contributed by atoms with Gasteiger partial charge in [-0.1, -0.05) is 66.4 Å². The summed E-state index contributed by atoms with van der Waals surface area (Å²) in [6.45, 7) is 0. The van der Waals surface area contributed by atoms with Gasteiger partial charge in [-0.2, -0.15) is 0 Å². The third-order valence-electron chi connectivity index (χ3n) is 5.79. The lowest BCUT2D eigenvalue weighted by Gasteiger charge is -2.37. The summed E-state index contributed by atoms with van der Waals surface area (Å²) in [5.41, 5.74) is 2.97. The third-order valence-corrected chi connectivity index (χ3v) is 7.94. The quantitative estimate of drug-likeness (QED) is 0.336. The molecular formula is C26H24N4O2S2. The number of anilines is 1. The Morgan fingerprint density at radius 3 is 2.59 bits per heavy atom. The average Bonchev–Trinajstić information content (AvgIpc) is 3.26. The molecule has 0 bridgehead atoms. The van der Waals surface area contributed by atoms with Crippen LogP contribution in [0.1, 0.15) is 11.6 Å². The molecule has 34 heavy (non-hydrogen) atoms. The molecule has 8 heteroatoms. The third kappa shape index (κ3) is 4.31. The molecule has 0 unspecified atom stereocenters. The molecular weight excluding hydrogens is 464 g/mol. The van der Waals surface area contributed by atoms with Crippen LogP contribution in [0.5, 0.6) is 5.75 Å². The Bertz CT molecular complexity index is 1310. The topological polar surface area (TPSA) is 60.3 Å². The molecule has 0 spiro atoms. The van der Waals surface area contributed by atoms with Gasteiger partial charge in [-0.05, 0) is 29.8 Å². The summed E-state index contributed by atoms with van der Waals surface area (Å²) in [4.78, 5) is 16.7. The van der Waals surface area contributed by atoms with Crippen molar-refractivity contribution in [1.82, 2.24) is 14.8 Å². The molecule has 4 aromatic rings. The van der Waals surface area contributed by atoms with Gasteiger partial charge in [-0.15, -0.1) is 22.0 Å². The largest absolute Gasteiger partial charge is 0.496 e. The van der Waals surface area contributed by atoms with Gasteiger partial charge in [0.2, 0.25) is 5.91 Å². The zero-order valence-corrected chi connectivity index (χ0v) is 20.6. The highest BCUT2D eigenvalue weighted by molar-refractivity contribution is 8.00. The predicted molar refractivity (Wildman–Crippen MR) is 138 cm³/mol. The van der Waals surface area contributed by atoms with E-state index < -0.39 is 0 Å². The van der Waals surface area contributed by atoms with Crippen LogP contribution in [0, 0.1) is 0 Å². The van der Waals surface area contributed by atoms with Gasteiger partial charge in [0.05, 0.1) is 30.2 Å². The molecule has 0 radical (unpaired) electrons. The van der Waals surface area contributed by atoms with Gasteiger partial charge in [0, 0.05) is 17.7 Å². The molecule has 172 valence electrons. The number of para-hydroxylation sites is 2. The van der Waals surface area contributed by atoms with E-state index in [1.54, 1.807) is 18.9 Å². The van der Waals surface area contributed by atoms with Crippen LogP contribution < -0.4 is 9.64 Å². The Balaban J connectivity index is 1.40.